The van der Waals surface area contributed by atoms with E-state index in [9.17, 15) is 4.79 Å². The molecule has 3 aliphatic heterocycles. The number of carbonyl (C=O) groups is 1. The van der Waals surface area contributed by atoms with E-state index in [1.165, 1.54) is 0 Å². The van der Waals surface area contributed by atoms with Gasteiger partial charge in [0, 0.05) is 32.2 Å². The zero-order valence-corrected chi connectivity index (χ0v) is 12.2. The van der Waals surface area contributed by atoms with Crippen LogP contribution in [-0.4, -0.2) is 67.7 Å². The Labute approximate surface area is 120 Å². The fourth-order valence-electron chi connectivity index (χ4n) is 3.42. The minimum Gasteiger partial charge on any atom is -0.501 e. The Morgan fingerprint density at radius 2 is 2.05 bits per heavy atom. The summed E-state index contributed by atoms with van der Waals surface area (Å²) in [5.74, 6) is 0.703. The van der Waals surface area contributed by atoms with Gasteiger partial charge in [0.05, 0.1) is 31.7 Å². The van der Waals surface area contributed by atoms with Gasteiger partial charge in [-0.15, -0.1) is 0 Å². The largest absolute Gasteiger partial charge is 0.501 e. The van der Waals surface area contributed by atoms with Crippen molar-refractivity contribution in [2.24, 2.45) is 5.92 Å². The second kappa shape index (κ2) is 6.14. The van der Waals surface area contributed by atoms with Gasteiger partial charge < -0.3 is 14.4 Å². The van der Waals surface area contributed by atoms with Crippen molar-refractivity contribution in [3.63, 3.8) is 0 Å². The first kappa shape index (κ1) is 13.9. The van der Waals surface area contributed by atoms with Crippen LogP contribution < -0.4 is 0 Å². The van der Waals surface area contributed by atoms with E-state index in [1.807, 2.05) is 4.90 Å². The molecule has 1 amide bonds. The fourth-order valence-corrected chi connectivity index (χ4v) is 3.42. The minimum absolute atomic E-state index is 0.173. The van der Waals surface area contributed by atoms with Crippen molar-refractivity contribution in [1.82, 2.24) is 9.80 Å². The number of hydrogen-bond acceptors (Lipinski definition) is 4. The predicted molar refractivity (Wildman–Crippen MR) is 75.2 cm³/mol. The van der Waals surface area contributed by atoms with E-state index in [4.69, 9.17) is 9.47 Å². The zero-order valence-electron chi connectivity index (χ0n) is 12.2. The van der Waals surface area contributed by atoms with Crippen molar-refractivity contribution in [3.05, 3.63) is 11.8 Å². The molecule has 0 aromatic heterocycles. The number of amides is 1. The van der Waals surface area contributed by atoms with Crippen LogP contribution in [-0.2, 0) is 14.3 Å². The van der Waals surface area contributed by atoms with Crippen LogP contribution in [0.25, 0.3) is 0 Å². The number of likely N-dealkylation sites (tertiary alicyclic amines) is 1. The number of rotatable bonds is 2. The van der Waals surface area contributed by atoms with Gasteiger partial charge in [0.2, 0.25) is 0 Å². The van der Waals surface area contributed by atoms with Crippen molar-refractivity contribution in [3.8, 4) is 0 Å². The topological polar surface area (TPSA) is 42.0 Å². The van der Waals surface area contributed by atoms with Gasteiger partial charge in [-0.2, -0.15) is 0 Å². The number of morpholine rings is 1. The Morgan fingerprint density at radius 1 is 1.25 bits per heavy atom. The van der Waals surface area contributed by atoms with Crippen LogP contribution >= 0.6 is 0 Å². The van der Waals surface area contributed by atoms with E-state index in [1.54, 1.807) is 6.26 Å². The maximum atomic E-state index is 12.5. The van der Waals surface area contributed by atoms with Crippen LogP contribution in [0.3, 0.4) is 0 Å². The number of carbonyl (C=O) groups excluding carboxylic acids is 1. The highest BCUT2D eigenvalue weighted by Crippen LogP contribution is 2.25. The van der Waals surface area contributed by atoms with E-state index >= 15 is 0 Å². The van der Waals surface area contributed by atoms with Crippen LogP contribution in [0.15, 0.2) is 11.8 Å². The van der Waals surface area contributed by atoms with Crippen molar-refractivity contribution in [2.75, 3.05) is 46.0 Å². The molecule has 0 N–H and O–H groups in total. The Balaban J connectivity index is 1.62. The highest BCUT2D eigenvalue weighted by molar-refractivity contribution is 5.93. The van der Waals surface area contributed by atoms with Gasteiger partial charge in [-0.25, -0.2) is 0 Å². The van der Waals surface area contributed by atoms with Gasteiger partial charge in [-0.05, 0) is 18.8 Å². The van der Waals surface area contributed by atoms with E-state index in [2.05, 4.69) is 11.8 Å². The molecule has 20 heavy (non-hydrogen) atoms. The van der Waals surface area contributed by atoms with Crippen LogP contribution in [0.2, 0.25) is 0 Å². The van der Waals surface area contributed by atoms with E-state index in [0.29, 0.717) is 12.0 Å². The van der Waals surface area contributed by atoms with Gasteiger partial charge in [0.25, 0.3) is 5.91 Å². The number of hydrogen-bond donors (Lipinski definition) is 0. The lowest BCUT2D eigenvalue weighted by molar-refractivity contribution is -0.127. The molecule has 2 saturated heterocycles. The summed E-state index contributed by atoms with van der Waals surface area (Å²) in [5, 5.41) is 0. The maximum absolute atomic E-state index is 12.5. The molecular formula is C15H24N2O3. The lowest BCUT2D eigenvalue weighted by Gasteiger charge is -2.34. The normalized spacial score (nSPS) is 31.9. The molecule has 3 aliphatic rings. The van der Waals surface area contributed by atoms with Gasteiger partial charge in [-0.3, -0.25) is 9.69 Å². The van der Waals surface area contributed by atoms with E-state index < -0.39 is 0 Å². The van der Waals surface area contributed by atoms with Gasteiger partial charge >= 0.3 is 0 Å². The van der Waals surface area contributed by atoms with Gasteiger partial charge in [0.15, 0.2) is 0 Å². The molecule has 0 aliphatic carbocycles. The quantitative estimate of drug-likeness (QED) is 0.752. The molecule has 0 saturated carbocycles. The molecule has 3 rings (SSSR count). The summed E-state index contributed by atoms with van der Waals surface area (Å²) >= 11 is 0. The minimum atomic E-state index is 0.173. The second-order valence-corrected chi connectivity index (χ2v) is 6.02. The molecule has 112 valence electrons. The molecule has 0 unspecified atom stereocenters. The SMILES string of the molecule is C[C@H]1CN(C(=O)C2=COCCC2)C[C@H]1N1CCOCC1. The lowest BCUT2D eigenvalue weighted by atomic mass is 10.0. The third-order valence-electron chi connectivity index (χ3n) is 4.58. The van der Waals surface area contributed by atoms with Crippen molar-refractivity contribution in [2.45, 2.75) is 25.8 Å². The Kier molecular flexibility index (Phi) is 4.27. The van der Waals surface area contributed by atoms with Crippen molar-refractivity contribution >= 4 is 5.91 Å². The Bertz CT molecular complexity index is 391. The first-order valence-electron chi connectivity index (χ1n) is 7.67. The number of ether oxygens (including phenoxy) is 2. The van der Waals surface area contributed by atoms with E-state index in [-0.39, 0.29) is 5.91 Å². The monoisotopic (exact) mass is 280 g/mol. The van der Waals surface area contributed by atoms with Crippen LogP contribution in [0.4, 0.5) is 0 Å². The molecule has 3 heterocycles. The standard InChI is InChI=1S/C15H24N2O3/c1-12-9-17(15(18)13-3-2-6-20-11-13)10-14(12)16-4-7-19-8-5-16/h11-12,14H,2-10H2,1H3/t12-,14+/m0/s1. The molecule has 0 spiro atoms. The average Bonchev–Trinajstić information content (AvgIpc) is 2.90. The third-order valence-corrected chi connectivity index (χ3v) is 4.58. The summed E-state index contributed by atoms with van der Waals surface area (Å²) in [6.07, 6.45) is 3.47. The molecule has 2 atom stereocenters. The summed E-state index contributed by atoms with van der Waals surface area (Å²) in [5.41, 5.74) is 0.839. The summed E-state index contributed by atoms with van der Waals surface area (Å²) in [6, 6.07) is 0.480. The Morgan fingerprint density at radius 3 is 2.75 bits per heavy atom. The van der Waals surface area contributed by atoms with Gasteiger partial charge in [-0.1, -0.05) is 6.92 Å². The lowest BCUT2D eigenvalue weighted by Crippen LogP contribution is -2.47. The van der Waals surface area contributed by atoms with E-state index in [0.717, 1.165) is 64.4 Å². The molecule has 0 aromatic rings. The molecule has 0 bridgehead atoms. The molecule has 0 aromatic carbocycles. The molecular weight excluding hydrogens is 256 g/mol. The second-order valence-electron chi connectivity index (χ2n) is 6.02. The summed E-state index contributed by atoms with van der Waals surface area (Å²) in [6.45, 7) is 8.30. The van der Waals surface area contributed by atoms with Crippen LogP contribution in [0.1, 0.15) is 19.8 Å². The smallest absolute Gasteiger partial charge is 0.252 e. The highest BCUT2D eigenvalue weighted by Gasteiger charge is 2.37. The van der Waals surface area contributed by atoms with Crippen molar-refractivity contribution in [1.29, 1.82) is 0 Å². The third kappa shape index (κ3) is 2.83. The summed E-state index contributed by atoms with van der Waals surface area (Å²) in [7, 11) is 0. The van der Waals surface area contributed by atoms with Crippen LogP contribution in [0, 0.1) is 5.92 Å². The highest BCUT2D eigenvalue weighted by atomic mass is 16.5. The number of nitrogens with zero attached hydrogens (tertiary/aromatic N) is 2. The summed E-state index contributed by atoms with van der Waals surface area (Å²) < 4.78 is 10.7. The molecule has 5 heteroatoms. The van der Waals surface area contributed by atoms with Gasteiger partial charge in [0.1, 0.15) is 0 Å². The molecule has 5 nitrogen and oxygen atoms in total. The fraction of sp³-hybridized carbons (Fsp3) is 0.800. The zero-order chi connectivity index (χ0) is 13.9. The first-order chi connectivity index (χ1) is 9.75. The molecule has 0 radical (unpaired) electrons. The van der Waals surface area contributed by atoms with Crippen molar-refractivity contribution < 1.29 is 14.3 Å². The first-order valence-corrected chi connectivity index (χ1v) is 7.67. The maximum Gasteiger partial charge on any atom is 0.252 e. The Hall–Kier alpha value is -1.07. The average molecular weight is 280 g/mol. The van der Waals surface area contributed by atoms with Crippen LogP contribution in [0.5, 0.6) is 0 Å². The predicted octanol–water partition coefficient (Wildman–Crippen LogP) is 0.860. The summed E-state index contributed by atoms with van der Waals surface area (Å²) in [4.78, 5) is 17.0. The molecule has 2 fully saturated rings.